The summed E-state index contributed by atoms with van der Waals surface area (Å²) < 4.78 is 0. The minimum absolute atomic E-state index is 0.338. The van der Waals surface area contributed by atoms with Gasteiger partial charge in [-0.15, -0.1) is 0 Å². The van der Waals surface area contributed by atoms with Gasteiger partial charge in [0, 0.05) is 43.3 Å². The first-order valence-electron chi connectivity index (χ1n) is 8.92. The van der Waals surface area contributed by atoms with E-state index in [1.54, 1.807) is 6.07 Å². The van der Waals surface area contributed by atoms with Gasteiger partial charge in [-0.05, 0) is 36.8 Å². The lowest BCUT2D eigenvalue weighted by atomic mass is 10.1. The lowest BCUT2D eigenvalue weighted by Gasteiger charge is -2.37. The molecule has 1 aliphatic rings. The van der Waals surface area contributed by atoms with Gasteiger partial charge in [-0.3, -0.25) is 0 Å². The maximum atomic E-state index is 11.5. The van der Waals surface area contributed by atoms with Crippen LogP contribution in [0.15, 0.2) is 42.6 Å². The molecule has 1 aliphatic heterocycles. The highest BCUT2D eigenvalue weighted by atomic mass is 16.4. The van der Waals surface area contributed by atoms with Crippen molar-refractivity contribution in [2.75, 3.05) is 36.0 Å². The van der Waals surface area contributed by atoms with Crippen LogP contribution in [0.2, 0.25) is 0 Å². The number of nitrogens with zero attached hydrogens (tertiary/aromatic N) is 3. The van der Waals surface area contributed by atoms with Crippen LogP contribution in [-0.2, 0) is 0 Å². The van der Waals surface area contributed by atoms with Crippen LogP contribution in [0.1, 0.15) is 21.5 Å². The van der Waals surface area contributed by atoms with Crippen LogP contribution in [0.3, 0.4) is 0 Å². The van der Waals surface area contributed by atoms with Crippen LogP contribution in [-0.4, -0.2) is 42.2 Å². The molecule has 1 saturated heterocycles. The van der Waals surface area contributed by atoms with E-state index in [1.165, 1.54) is 0 Å². The topological polar surface area (TPSA) is 83.4 Å². The molecule has 27 heavy (non-hydrogen) atoms. The van der Waals surface area contributed by atoms with E-state index in [9.17, 15) is 15.2 Å². The van der Waals surface area contributed by atoms with Gasteiger partial charge < -0.3 is 19.9 Å². The second-order valence-electron chi connectivity index (χ2n) is 6.79. The molecule has 2 aromatic carbocycles. The summed E-state index contributed by atoms with van der Waals surface area (Å²) >= 11 is 0. The van der Waals surface area contributed by atoms with E-state index in [0.717, 1.165) is 54.0 Å². The van der Waals surface area contributed by atoms with Gasteiger partial charge in [-0.1, -0.05) is 12.1 Å². The summed E-state index contributed by atoms with van der Waals surface area (Å²) in [5.74, 6) is -0.903. The van der Waals surface area contributed by atoms with Crippen molar-refractivity contribution >= 4 is 28.2 Å². The fraction of sp³-hybridized carbons (Fsp3) is 0.238. The lowest BCUT2D eigenvalue weighted by Crippen LogP contribution is -2.46. The number of nitrogens with one attached hydrogen (secondary N) is 1. The Labute approximate surface area is 157 Å². The normalized spacial score (nSPS) is 14.4. The average molecular weight is 360 g/mol. The molecule has 0 amide bonds. The van der Waals surface area contributed by atoms with Gasteiger partial charge in [0.25, 0.3) is 0 Å². The number of aryl methyl sites for hydroxylation is 1. The van der Waals surface area contributed by atoms with E-state index in [1.807, 2.05) is 43.5 Å². The minimum Gasteiger partial charge on any atom is -0.478 e. The average Bonchev–Trinajstić information content (AvgIpc) is 3.10. The number of carboxylic acid groups (broad SMARTS) is 1. The first-order valence-corrected chi connectivity index (χ1v) is 8.92. The molecular formula is C21H20N4O2. The zero-order valence-electron chi connectivity index (χ0n) is 15.1. The van der Waals surface area contributed by atoms with Crippen LogP contribution >= 0.6 is 0 Å². The highest BCUT2D eigenvalue weighted by Gasteiger charge is 2.22. The van der Waals surface area contributed by atoms with Crippen LogP contribution in [0, 0.1) is 18.3 Å². The third kappa shape index (κ3) is 2.97. The third-order valence-corrected chi connectivity index (χ3v) is 5.22. The summed E-state index contributed by atoms with van der Waals surface area (Å²) in [6.07, 6.45) is 1.95. The number of hydrogen-bond donors (Lipinski definition) is 2. The number of aromatic carboxylic acids is 1. The fourth-order valence-corrected chi connectivity index (χ4v) is 3.79. The van der Waals surface area contributed by atoms with Gasteiger partial charge in [0.1, 0.15) is 6.07 Å². The molecule has 4 rings (SSSR count). The number of H-pyrrole nitrogens is 1. The Balaban J connectivity index is 1.59. The van der Waals surface area contributed by atoms with E-state index in [0.29, 0.717) is 11.1 Å². The van der Waals surface area contributed by atoms with Crippen molar-refractivity contribution < 1.29 is 9.90 Å². The summed E-state index contributed by atoms with van der Waals surface area (Å²) in [6.45, 7) is 5.05. The Morgan fingerprint density at radius 3 is 2.44 bits per heavy atom. The zero-order valence-corrected chi connectivity index (χ0v) is 15.1. The number of carbonyl (C=O) groups is 1. The van der Waals surface area contributed by atoms with Crippen LogP contribution in [0.25, 0.3) is 10.9 Å². The molecule has 0 unspecified atom stereocenters. The van der Waals surface area contributed by atoms with Crippen molar-refractivity contribution in [2.24, 2.45) is 0 Å². The molecule has 6 nitrogen and oxygen atoms in total. The monoisotopic (exact) mass is 360 g/mol. The van der Waals surface area contributed by atoms with E-state index in [-0.39, 0.29) is 0 Å². The molecule has 3 aromatic rings. The molecule has 1 aromatic heterocycles. The van der Waals surface area contributed by atoms with Crippen molar-refractivity contribution in [1.82, 2.24) is 4.98 Å². The van der Waals surface area contributed by atoms with E-state index in [4.69, 9.17) is 0 Å². The smallest absolute Gasteiger partial charge is 0.335 e. The molecule has 0 atom stereocenters. The van der Waals surface area contributed by atoms with Crippen molar-refractivity contribution in [3.8, 4) is 6.07 Å². The Hall–Kier alpha value is -3.46. The fourth-order valence-electron chi connectivity index (χ4n) is 3.79. The third-order valence-electron chi connectivity index (χ3n) is 5.22. The summed E-state index contributed by atoms with van der Waals surface area (Å²) in [5, 5.41) is 19.7. The molecule has 136 valence electrons. The molecule has 2 heterocycles. The second kappa shape index (κ2) is 6.69. The molecule has 1 fully saturated rings. The van der Waals surface area contributed by atoms with Gasteiger partial charge in [-0.2, -0.15) is 5.26 Å². The second-order valence-corrected chi connectivity index (χ2v) is 6.79. The summed E-state index contributed by atoms with van der Waals surface area (Å²) in [5.41, 5.74) is 4.73. The summed E-state index contributed by atoms with van der Waals surface area (Å²) in [6, 6.07) is 13.6. The number of rotatable bonds is 3. The number of hydrogen-bond acceptors (Lipinski definition) is 4. The maximum Gasteiger partial charge on any atom is 0.335 e. The Kier molecular flexibility index (Phi) is 4.21. The largest absolute Gasteiger partial charge is 0.478 e. The minimum atomic E-state index is -0.903. The van der Waals surface area contributed by atoms with E-state index >= 15 is 0 Å². The lowest BCUT2D eigenvalue weighted by molar-refractivity contribution is 0.0696. The molecule has 0 spiro atoms. The van der Waals surface area contributed by atoms with Gasteiger partial charge in [-0.25, -0.2) is 4.79 Å². The summed E-state index contributed by atoms with van der Waals surface area (Å²) in [7, 11) is 0. The van der Waals surface area contributed by atoms with E-state index < -0.39 is 5.97 Å². The van der Waals surface area contributed by atoms with Gasteiger partial charge >= 0.3 is 5.97 Å². The number of benzene rings is 2. The maximum absolute atomic E-state index is 11.5. The predicted molar refractivity (Wildman–Crippen MR) is 106 cm³/mol. The molecule has 0 saturated carbocycles. The Morgan fingerprint density at radius 1 is 1.11 bits per heavy atom. The Morgan fingerprint density at radius 2 is 1.78 bits per heavy atom. The number of anilines is 2. The number of para-hydroxylation sites is 1. The van der Waals surface area contributed by atoms with Gasteiger partial charge in [0.15, 0.2) is 0 Å². The van der Waals surface area contributed by atoms with Crippen molar-refractivity contribution in [3.05, 3.63) is 59.3 Å². The number of aromatic nitrogens is 1. The van der Waals surface area contributed by atoms with Crippen molar-refractivity contribution in [3.63, 3.8) is 0 Å². The van der Waals surface area contributed by atoms with E-state index in [2.05, 4.69) is 20.9 Å². The highest BCUT2D eigenvalue weighted by Crippen LogP contribution is 2.31. The number of fused-ring (bicyclic) bond motifs is 1. The standard InChI is InChI=1S/C21H20N4O2/c1-14-10-18-17(11-16(14)21(26)27)20(13-23-18)25-8-6-24(7-9-25)19-5-3-2-4-15(19)12-22/h2-5,10-11,13,23H,6-9H2,1H3,(H,26,27). The number of piperazine rings is 1. The van der Waals surface area contributed by atoms with Gasteiger partial charge in [0.05, 0.1) is 22.5 Å². The SMILES string of the molecule is Cc1cc2[nH]cc(N3CCN(c4ccccc4C#N)CC3)c2cc1C(=O)O. The van der Waals surface area contributed by atoms with Crippen molar-refractivity contribution in [1.29, 1.82) is 5.26 Å². The summed E-state index contributed by atoms with van der Waals surface area (Å²) in [4.78, 5) is 19.2. The number of carboxylic acids is 1. The molecule has 6 heteroatoms. The van der Waals surface area contributed by atoms with Crippen LogP contribution in [0.5, 0.6) is 0 Å². The molecule has 0 aliphatic carbocycles. The molecular weight excluding hydrogens is 340 g/mol. The molecule has 2 N–H and O–H groups in total. The first kappa shape index (κ1) is 17.0. The highest BCUT2D eigenvalue weighted by molar-refractivity contribution is 6.00. The van der Waals surface area contributed by atoms with Crippen molar-refractivity contribution in [2.45, 2.75) is 6.92 Å². The Bertz CT molecular complexity index is 1060. The molecule has 0 bridgehead atoms. The van der Waals surface area contributed by atoms with Crippen LogP contribution < -0.4 is 9.80 Å². The van der Waals surface area contributed by atoms with Crippen LogP contribution in [0.4, 0.5) is 11.4 Å². The predicted octanol–water partition coefficient (Wildman–Crippen LogP) is 3.37. The quantitative estimate of drug-likeness (QED) is 0.748. The zero-order chi connectivity index (χ0) is 19.0. The van der Waals surface area contributed by atoms with Gasteiger partial charge in [0.2, 0.25) is 0 Å². The number of aromatic amines is 1. The number of nitriles is 1. The first-order chi connectivity index (χ1) is 13.1. The molecule has 0 radical (unpaired) electrons.